The first-order valence-electron chi connectivity index (χ1n) is 9.53. The number of hydrogen-bond acceptors (Lipinski definition) is 5. The highest BCUT2D eigenvalue weighted by Crippen LogP contribution is 2.32. The van der Waals surface area contributed by atoms with Crippen molar-refractivity contribution in [3.63, 3.8) is 0 Å². The summed E-state index contributed by atoms with van der Waals surface area (Å²) in [5.74, 6) is 0.235. The molecule has 3 heterocycles. The summed E-state index contributed by atoms with van der Waals surface area (Å²) in [6.07, 6.45) is 1.28. The number of nitrogens with zero attached hydrogens (tertiary/aromatic N) is 2. The van der Waals surface area contributed by atoms with Gasteiger partial charge in [-0.05, 0) is 44.1 Å². The lowest BCUT2D eigenvalue weighted by molar-refractivity contribution is 0.0269. The highest BCUT2D eigenvalue weighted by Gasteiger charge is 2.31. The number of aliphatic hydroxyl groups is 1. The highest BCUT2D eigenvalue weighted by atomic mass is 32.1. The van der Waals surface area contributed by atoms with Crippen molar-refractivity contribution in [2.75, 3.05) is 45.9 Å². The zero-order valence-corrected chi connectivity index (χ0v) is 16.6. The molecule has 2 saturated heterocycles. The van der Waals surface area contributed by atoms with Gasteiger partial charge >= 0.3 is 6.03 Å². The largest absolute Gasteiger partial charge is 0.387 e. The van der Waals surface area contributed by atoms with Gasteiger partial charge in [0.1, 0.15) is 0 Å². The third-order valence-electron chi connectivity index (χ3n) is 5.28. The number of likely N-dealkylation sites (tertiary alicyclic amines) is 1. The van der Waals surface area contributed by atoms with Crippen molar-refractivity contribution in [1.82, 2.24) is 15.1 Å². The molecule has 2 amide bonds. The van der Waals surface area contributed by atoms with E-state index in [2.05, 4.69) is 24.1 Å². The van der Waals surface area contributed by atoms with Gasteiger partial charge in [-0.3, -0.25) is 4.90 Å². The fourth-order valence-corrected chi connectivity index (χ4v) is 4.64. The molecule has 0 spiro atoms. The van der Waals surface area contributed by atoms with Crippen molar-refractivity contribution in [2.24, 2.45) is 5.92 Å². The van der Waals surface area contributed by atoms with Crippen LogP contribution < -0.4 is 5.32 Å². The van der Waals surface area contributed by atoms with Crippen LogP contribution >= 0.6 is 11.3 Å². The minimum Gasteiger partial charge on any atom is -0.387 e. The van der Waals surface area contributed by atoms with E-state index in [1.165, 1.54) is 0 Å². The molecule has 2 fully saturated rings. The molecule has 6 nitrogen and oxygen atoms in total. The molecule has 2 aliphatic heterocycles. The fourth-order valence-electron chi connectivity index (χ4n) is 3.84. The van der Waals surface area contributed by atoms with Crippen molar-refractivity contribution in [1.29, 1.82) is 0 Å². The van der Waals surface area contributed by atoms with E-state index in [4.69, 9.17) is 4.74 Å². The maximum atomic E-state index is 12.7. The van der Waals surface area contributed by atoms with Crippen LogP contribution in [0.5, 0.6) is 0 Å². The number of ether oxygens (including phenoxy) is 1. The van der Waals surface area contributed by atoms with E-state index >= 15 is 0 Å². The molecule has 0 unspecified atom stereocenters. The summed E-state index contributed by atoms with van der Waals surface area (Å²) in [7, 11) is 0. The summed E-state index contributed by atoms with van der Waals surface area (Å²) in [5.41, 5.74) is -0.276. The van der Waals surface area contributed by atoms with E-state index in [1.54, 1.807) is 11.3 Å². The molecular weight excluding hydrogens is 350 g/mol. The van der Waals surface area contributed by atoms with E-state index in [9.17, 15) is 9.90 Å². The molecule has 1 aromatic heterocycles. The van der Waals surface area contributed by atoms with Crippen LogP contribution in [0.3, 0.4) is 0 Å². The van der Waals surface area contributed by atoms with Crippen LogP contribution in [0.4, 0.5) is 4.79 Å². The molecule has 7 heteroatoms. The number of morpholine rings is 1. The number of aliphatic hydroxyl groups excluding tert-OH is 1. The molecule has 0 radical (unpaired) electrons. The summed E-state index contributed by atoms with van der Waals surface area (Å²) in [5, 5.41) is 15.7. The lowest BCUT2D eigenvalue weighted by Gasteiger charge is -2.39. The Hall–Kier alpha value is -1.15. The summed E-state index contributed by atoms with van der Waals surface area (Å²) in [6.45, 7) is 9.76. The minimum absolute atomic E-state index is 0.00678. The topological polar surface area (TPSA) is 65.0 Å². The lowest BCUT2D eigenvalue weighted by Crippen LogP contribution is -2.57. The van der Waals surface area contributed by atoms with Gasteiger partial charge in [0.25, 0.3) is 0 Å². The van der Waals surface area contributed by atoms with Gasteiger partial charge in [0.2, 0.25) is 0 Å². The quantitative estimate of drug-likeness (QED) is 0.822. The molecule has 3 rings (SSSR count). The van der Waals surface area contributed by atoms with Crippen LogP contribution in [0.25, 0.3) is 0 Å². The molecule has 0 aromatic carbocycles. The molecule has 0 bridgehead atoms. The number of carbonyl (C=O) groups is 1. The van der Waals surface area contributed by atoms with Crippen LogP contribution in [-0.4, -0.2) is 72.4 Å². The number of urea groups is 1. The SMILES string of the molecule is CC(C)(CN1CCOCC1)NC(=O)N1CCC([C@H](O)c2cccs2)CC1. The zero-order valence-electron chi connectivity index (χ0n) is 15.8. The van der Waals surface area contributed by atoms with Crippen molar-refractivity contribution >= 4 is 17.4 Å². The number of amides is 2. The van der Waals surface area contributed by atoms with Gasteiger partial charge in [-0.1, -0.05) is 6.07 Å². The van der Waals surface area contributed by atoms with E-state index in [-0.39, 0.29) is 17.5 Å². The normalized spacial score (nSPS) is 21.6. The standard InChI is InChI=1S/C19H31N3O3S/c1-19(2,14-21-9-11-25-12-10-21)20-18(24)22-7-5-15(6-8-22)17(23)16-4-3-13-26-16/h3-4,13,15,17,23H,5-12,14H2,1-2H3,(H,20,24)/t17-/m0/s1. The Balaban J connectivity index is 1.45. The van der Waals surface area contributed by atoms with Crippen molar-refractivity contribution in [3.8, 4) is 0 Å². The molecular formula is C19H31N3O3S. The Morgan fingerprint density at radius 2 is 2.04 bits per heavy atom. The smallest absolute Gasteiger partial charge is 0.317 e. The highest BCUT2D eigenvalue weighted by molar-refractivity contribution is 7.10. The number of hydrogen-bond donors (Lipinski definition) is 2. The summed E-state index contributed by atoms with van der Waals surface area (Å²) < 4.78 is 5.39. The maximum Gasteiger partial charge on any atom is 0.317 e. The average Bonchev–Trinajstić information content (AvgIpc) is 3.16. The Labute approximate surface area is 160 Å². The first-order chi connectivity index (χ1) is 12.4. The Bertz CT molecular complexity index is 565. The first-order valence-corrected chi connectivity index (χ1v) is 10.4. The van der Waals surface area contributed by atoms with Gasteiger partial charge in [0.15, 0.2) is 0 Å². The summed E-state index contributed by atoms with van der Waals surface area (Å²) in [6, 6.07) is 3.97. The van der Waals surface area contributed by atoms with Crippen LogP contribution in [0.1, 0.15) is 37.7 Å². The van der Waals surface area contributed by atoms with Crippen LogP contribution in [0, 0.1) is 5.92 Å². The van der Waals surface area contributed by atoms with Crippen LogP contribution in [0.15, 0.2) is 17.5 Å². The maximum absolute atomic E-state index is 12.7. The second-order valence-corrected chi connectivity index (χ2v) is 8.97. The average molecular weight is 382 g/mol. The number of piperidine rings is 1. The second-order valence-electron chi connectivity index (χ2n) is 7.99. The van der Waals surface area contributed by atoms with Gasteiger partial charge < -0.3 is 20.1 Å². The van der Waals surface area contributed by atoms with E-state index < -0.39 is 6.10 Å². The third kappa shape index (κ3) is 5.19. The Morgan fingerprint density at radius 3 is 2.65 bits per heavy atom. The zero-order chi connectivity index (χ0) is 18.6. The van der Waals surface area contributed by atoms with E-state index in [1.807, 2.05) is 22.4 Å². The first kappa shape index (κ1) is 19.6. The van der Waals surface area contributed by atoms with Crippen molar-refractivity contribution in [2.45, 2.75) is 38.3 Å². The lowest BCUT2D eigenvalue weighted by atomic mass is 9.90. The molecule has 146 valence electrons. The van der Waals surface area contributed by atoms with Gasteiger partial charge in [0.05, 0.1) is 19.3 Å². The third-order valence-corrected chi connectivity index (χ3v) is 6.22. The van der Waals surface area contributed by atoms with Gasteiger partial charge in [-0.15, -0.1) is 11.3 Å². The molecule has 1 aromatic rings. The number of thiophene rings is 1. The number of rotatable bonds is 5. The molecule has 2 aliphatic rings. The van der Waals surface area contributed by atoms with Gasteiger partial charge in [0, 0.05) is 43.1 Å². The molecule has 1 atom stereocenters. The molecule has 26 heavy (non-hydrogen) atoms. The number of carbonyl (C=O) groups excluding carboxylic acids is 1. The molecule has 2 N–H and O–H groups in total. The van der Waals surface area contributed by atoms with Gasteiger partial charge in [-0.2, -0.15) is 0 Å². The van der Waals surface area contributed by atoms with E-state index in [0.29, 0.717) is 13.1 Å². The monoisotopic (exact) mass is 381 g/mol. The summed E-state index contributed by atoms with van der Waals surface area (Å²) in [4.78, 5) is 17.9. The Kier molecular flexibility index (Phi) is 6.55. The molecule has 0 saturated carbocycles. The van der Waals surface area contributed by atoms with Crippen molar-refractivity contribution in [3.05, 3.63) is 22.4 Å². The van der Waals surface area contributed by atoms with Crippen LogP contribution in [-0.2, 0) is 4.74 Å². The predicted molar refractivity (Wildman–Crippen MR) is 103 cm³/mol. The van der Waals surface area contributed by atoms with Crippen molar-refractivity contribution < 1.29 is 14.6 Å². The fraction of sp³-hybridized carbons (Fsp3) is 0.737. The molecule has 0 aliphatic carbocycles. The van der Waals surface area contributed by atoms with Crippen LogP contribution in [0.2, 0.25) is 0 Å². The van der Waals surface area contributed by atoms with E-state index in [0.717, 1.165) is 50.6 Å². The second kappa shape index (κ2) is 8.69. The Morgan fingerprint density at radius 1 is 1.35 bits per heavy atom. The summed E-state index contributed by atoms with van der Waals surface area (Å²) >= 11 is 1.60. The number of nitrogens with one attached hydrogen (secondary N) is 1. The predicted octanol–water partition coefficient (Wildman–Crippen LogP) is 2.31. The minimum atomic E-state index is -0.405. The van der Waals surface area contributed by atoms with Gasteiger partial charge in [-0.25, -0.2) is 4.79 Å².